The fourth-order valence-corrected chi connectivity index (χ4v) is 10.7. The van der Waals surface area contributed by atoms with E-state index in [4.69, 9.17) is 5.26 Å². The SMILES string of the molecule is CCCC1C2[C@H]3CC[C@@H]4[C@H](CC[C@]5(C)[C@@H]([C@H](C)Cn6cc(C#N)cn6)CC[C@@H]45)[C@H]3CC[C@]12O. The molecule has 5 aliphatic rings. The highest BCUT2D eigenvalue weighted by atomic mass is 16.3. The standard InChI is InChI=1S/C29H43N3O/c1-4-5-26-27-23-7-6-22-20(21(23)11-13-29(26,27)33)10-12-28(3)24(8-9-25(22)28)18(2)16-32-17-19(14-30)15-31-32/h15,17-18,20-27,33H,4-13,16H2,1-3H3/t18-,20-,21-,22-,23+,24-,25+,26?,27?,28-,29+/m1/s1. The van der Waals surface area contributed by atoms with E-state index >= 15 is 0 Å². The molecule has 11 atom stereocenters. The third-order valence-corrected chi connectivity index (χ3v) is 11.9. The van der Waals surface area contributed by atoms with Crippen LogP contribution in [0.25, 0.3) is 0 Å². The molecule has 33 heavy (non-hydrogen) atoms. The summed E-state index contributed by atoms with van der Waals surface area (Å²) in [6.07, 6.45) is 16.9. The first-order valence-electron chi connectivity index (χ1n) is 14.1. The second kappa shape index (κ2) is 7.84. The summed E-state index contributed by atoms with van der Waals surface area (Å²) in [6.45, 7) is 8.29. The number of nitriles is 1. The Balaban J connectivity index is 1.16. The molecule has 0 aromatic carbocycles. The van der Waals surface area contributed by atoms with Gasteiger partial charge in [-0.15, -0.1) is 0 Å². The van der Waals surface area contributed by atoms with Crippen LogP contribution in [0.2, 0.25) is 0 Å². The van der Waals surface area contributed by atoms with Gasteiger partial charge in [-0.05, 0) is 116 Å². The Hall–Kier alpha value is -1.34. The van der Waals surface area contributed by atoms with Crippen LogP contribution >= 0.6 is 0 Å². The second-order valence-electron chi connectivity index (χ2n) is 13.1. The third-order valence-electron chi connectivity index (χ3n) is 11.9. The minimum Gasteiger partial charge on any atom is -0.389 e. The van der Waals surface area contributed by atoms with E-state index in [0.29, 0.717) is 28.7 Å². The monoisotopic (exact) mass is 449 g/mol. The van der Waals surface area contributed by atoms with Crippen LogP contribution in [0.1, 0.15) is 90.5 Å². The number of aromatic nitrogens is 2. The summed E-state index contributed by atoms with van der Waals surface area (Å²) >= 11 is 0. The Morgan fingerprint density at radius 1 is 1.12 bits per heavy atom. The number of aliphatic hydroxyl groups is 1. The highest BCUT2D eigenvalue weighted by Gasteiger charge is 2.70. The highest BCUT2D eigenvalue weighted by Crippen LogP contribution is 2.71. The van der Waals surface area contributed by atoms with Gasteiger partial charge in [0.05, 0.1) is 17.4 Å². The third kappa shape index (κ3) is 3.20. The maximum atomic E-state index is 11.3. The minimum absolute atomic E-state index is 0.279. The quantitative estimate of drug-likeness (QED) is 0.595. The average molecular weight is 450 g/mol. The number of nitrogens with zero attached hydrogens (tertiary/aromatic N) is 3. The maximum Gasteiger partial charge on any atom is 0.102 e. The normalized spacial score (nSPS) is 48.7. The molecule has 1 heterocycles. The maximum absolute atomic E-state index is 11.3. The first-order valence-corrected chi connectivity index (χ1v) is 14.1. The summed E-state index contributed by atoms with van der Waals surface area (Å²) in [6, 6.07) is 2.22. The van der Waals surface area contributed by atoms with Crippen molar-refractivity contribution in [3.05, 3.63) is 18.0 Å². The van der Waals surface area contributed by atoms with Crippen LogP contribution in [0.15, 0.2) is 12.4 Å². The number of rotatable bonds is 5. The molecule has 4 nitrogen and oxygen atoms in total. The van der Waals surface area contributed by atoms with Crippen LogP contribution in [0.4, 0.5) is 0 Å². The molecule has 5 aliphatic carbocycles. The Morgan fingerprint density at radius 3 is 2.64 bits per heavy atom. The van der Waals surface area contributed by atoms with Gasteiger partial charge in [0, 0.05) is 12.7 Å². The first kappa shape index (κ1) is 22.1. The molecule has 180 valence electrons. The molecular weight excluding hydrogens is 406 g/mol. The van der Waals surface area contributed by atoms with Crippen molar-refractivity contribution in [3.8, 4) is 6.07 Å². The van der Waals surface area contributed by atoms with Gasteiger partial charge in [0.2, 0.25) is 0 Å². The molecule has 6 rings (SSSR count). The fourth-order valence-electron chi connectivity index (χ4n) is 10.7. The summed E-state index contributed by atoms with van der Waals surface area (Å²) in [5.74, 6) is 7.07. The van der Waals surface area contributed by atoms with Crippen LogP contribution in [-0.2, 0) is 6.54 Å². The molecule has 1 aromatic heterocycles. The van der Waals surface area contributed by atoms with Crippen LogP contribution in [-0.4, -0.2) is 20.5 Å². The molecule has 0 aliphatic heterocycles. The van der Waals surface area contributed by atoms with Crippen molar-refractivity contribution < 1.29 is 5.11 Å². The molecule has 5 saturated carbocycles. The van der Waals surface area contributed by atoms with Crippen molar-refractivity contribution in [1.29, 1.82) is 5.26 Å². The van der Waals surface area contributed by atoms with E-state index in [0.717, 1.165) is 48.5 Å². The Kier molecular flexibility index (Phi) is 5.26. The average Bonchev–Trinajstić information content (AvgIpc) is 3.09. The zero-order valence-electron chi connectivity index (χ0n) is 20.9. The van der Waals surface area contributed by atoms with Gasteiger partial charge in [-0.25, -0.2) is 0 Å². The summed E-state index contributed by atoms with van der Waals surface area (Å²) in [5, 5.41) is 24.9. The predicted octanol–water partition coefficient (Wildman–Crippen LogP) is 6.05. The molecule has 0 bridgehead atoms. The number of hydrogen-bond donors (Lipinski definition) is 1. The van der Waals surface area contributed by atoms with Gasteiger partial charge < -0.3 is 5.11 Å². The van der Waals surface area contributed by atoms with E-state index in [9.17, 15) is 5.11 Å². The number of hydrogen-bond acceptors (Lipinski definition) is 3. The lowest BCUT2D eigenvalue weighted by atomic mass is 9.49. The molecular formula is C29H43N3O. The topological polar surface area (TPSA) is 61.8 Å². The molecule has 1 N–H and O–H groups in total. The van der Waals surface area contributed by atoms with Gasteiger partial charge in [0.25, 0.3) is 0 Å². The van der Waals surface area contributed by atoms with Crippen molar-refractivity contribution >= 4 is 0 Å². The van der Waals surface area contributed by atoms with E-state index in [1.165, 1.54) is 57.8 Å². The van der Waals surface area contributed by atoms with Crippen LogP contribution in [0.5, 0.6) is 0 Å². The smallest absolute Gasteiger partial charge is 0.102 e. The summed E-state index contributed by atoms with van der Waals surface area (Å²) in [5.41, 5.74) is 0.864. The van der Waals surface area contributed by atoms with Gasteiger partial charge in [-0.1, -0.05) is 27.2 Å². The molecule has 2 unspecified atom stereocenters. The van der Waals surface area contributed by atoms with Crippen LogP contribution in [0, 0.1) is 70.0 Å². The van der Waals surface area contributed by atoms with Gasteiger partial charge in [-0.3, -0.25) is 4.68 Å². The van der Waals surface area contributed by atoms with Crippen molar-refractivity contribution in [3.63, 3.8) is 0 Å². The molecule has 4 heteroatoms. The summed E-state index contributed by atoms with van der Waals surface area (Å²) in [7, 11) is 0. The molecule has 1 aromatic rings. The Morgan fingerprint density at radius 2 is 1.88 bits per heavy atom. The van der Waals surface area contributed by atoms with E-state index in [2.05, 4.69) is 31.9 Å². The molecule has 0 spiro atoms. The molecule has 0 radical (unpaired) electrons. The van der Waals surface area contributed by atoms with Crippen molar-refractivity contribution in [2.75, 3.05) is 0 Å². The van der Waals surface area contributed by atoms with Crippen molar-refractivity contribution in [2.45, 2.75) is 97.1 Å². The second-order valence-corrected chi connectivity index (χ2v) is 13.1. The largest absolute Gasteiger partial charge is 0.389 e. The zero-order valence-corrected chi connectivity index (χ0v) is 20.9. The summed E-state index contributed by atoms with van der Waals surface area (Å²) in [4.78, 5) is 0. The Labute approximate surface area is 200 Å². The van der Waals surface area contributed by atoms with Gasteiger partial charge in [0.15, 0.2) is 0 Å². The lowest BCUT2D eigenvalue weighted by molar-refractivity contribution is -0.0846. The van der Waals surface area contributed by atoms with E-state index in [1.54, 1.807) is 6.20 Å². The van der Waals surface area contributed by atoms with Crippen LogP contribution in [0.3, 0.4) is 0 Å². The molecule has 0 saturated heterocycles. The number of fused-ring (bicyclic) bond motifs is 7. The Bertz CT molecular complexity index is 934. The zero-order chi connectivity index (χ0) is 23.0. The molecule has 5 fully saturated rings. The van der Waals surface area contributed by atoms with Gasteiger partial charge >= 0.3 is 0 Å². The predicted molar refractivity (Wildman–Crippen MR) is 129 cm³/mol. The van der Waals surface area contributed by atoms with Crippen molar-refractivity contribution in [1.82, 2.24) is 9.78 Å². The lowest BCUT2D eigenvalue weighted by Gasteiger charge is -2.56. The van der Waals surface area contributed by atoms with Crippen LogP contribution < -0.4 is 0 Å². The van der Waals surface area contributed by atoms with E-state index in [1.807, 2.05) is 10.9 Å². The fraction of sp³-hybridized carbons (Fsp3) is 0.862. The van der Waals surface area contributed by atoms with Crippen molar-refractivity contribution in [2.24, 2.45) is 58.7 Å². The highest BCUT2D eigenvalue weighted by molar-refractivity contribution is 5.22. The van der Waals surface area contributed by atoms with Gasteiger partial charge in [0.1, 0.15) is 6.07 Å². The summed E-state index contributed by atoms with van der Waals surface area (Å²) < 4.78 is 2.00. The van der Waals surface area contributed by atoms with E-state index < -0.39 is 0 Å². The molecule has 0 amide bonds. The van der Waals surface area contributed by atoms with Gasteiger partial charge in [-0.2, -0.15) is 10.4 Å². The lowest BCUT2D eigenvalue weighted by Crippen LogP contribution is -2.50. The first-order chi connectivity index (χ1) is 15.9. The minimum atomic E-state index is -0.279. The van der Waals surface area contributed by atoms with E-state index in [-0.39, 0.29) is 5.60 Å².